The topological polar surface area (TPSA) is 53.6 Å². The zero-order chi connectivity index (χ0) is 18.6. The Labute approximate surface area is 157 Å². The van der Waals surface area contributed by atoms with E-state index in [1.807, 2.05) is 0 Å². The van der Waals surface area contributed by atoms with Crippen molar-refractivity contribution in [1.82, 2.24) is 15.5 Å². The molecule has 1 fully saturated rings. The molecule has 2 aliphatic rings. The number of nitrogens with zero attached hydrogens (tertiary/aromatic N) is 1. The van der Waals surface area contributed by atoms with Gasteiger partial charge in [0, 0.05) is 25.2 Å². The molecule has 0 saturated carbocycles. The van der Waals surface area contributed by atoms with Gasteiger partial charge in [0.1, 0.15) is 0 Å². The number of benzene rings is 1. The van der Waals surface area contributed by atoms with E-state index in [0.29, 0.717) is 6.54 Å². The Morgan fingerprint density at radius 2 is 1.88 bits per heavy atom. The van der Waals surface area contributed by atoms with Crippen LogP contribution in [0.1, 0.15) is 56.3 Å². The van der Waals surface area contributed by atoms with Gasteiger partial charge >= 0.3 is 6.03 Å². The Kier molecular flexibility index (Phi) is 6.20. The lowest BCUT2D eigenvalue weighted by Crippen LogP contribution is -2.56. The van der Waals surface area contributed by atoms with Gasteiger partial charge in [-0.1, -0.05) is 18.2 Å². The molecular formula is C21H33N3O2. The maximum absolute atomic E-state index is 12.4. The minimum Gasteiger partial charge on any atom is -0.379 e. The number of nitrogens with one attached hydrogen (secondary N) is 2. The average Bonchev–Trinajstić information content (AvgIpc) is 2.67. The second-order valence-electron chi connectivity index (χ2n) is 8.20. The Morgan fingerprint density at radius 1 is 1.19 bits per heavy atom. The molecule has 0 spiro atoms. The molecule has 0 bridgehead atoms. The van der Waals surface area contributed by atoms with Gasteiger partial charge in [-0.25, -0.2) is 4.79 Å². The molecule has 2 amide bonds. The second-order valence-corrected chi connectivity index (χ2v) is 8.20. The number of fused-ring (bicyclic) bond motifs is 1. The first-order chi connectivity index (χ1) is 12.5. The van der Waals surface area contributed by atoms with E-state index in [0.717, 1.165) is 32.7 Å². The lowest BCUT2D eigenvalue weighted by atomic mass is 9.89. The number of amides is 2. The smallest absolute Gasteiger partial charge is 0.315 e. The summed E-state index contributed by atoms with van der Waals surface area (Å²) in [5, 5.41) is 6.14. The molecule has 1 heterocycles. The number of hydrogen-bond donors (Lipinski definition) is 2. The highest BCUT2D eigenvalue weighted by Gasteiger charge is 2.28. The summed E-state index contributed by atoms with van der Waals surface area (Å²) in [4.78, 5) is 14.8. The van der Waals surface area contributed by atoms with Crippen LogP contribution in [0, 0.1) is 0 Å². The molecule has 26 heavy (non-hydrogen) atoms. The van der Waals surface area contributed by atoms with E-state index in [1.54, 1.807) is 0 Å². The highest BCUT2D eigenvalue weighted by atomic mass is 16.5. The number of ether oxygens (including phenoxy) is 1. The molecule has 0 radical (unpaired) electrons. The third-order valence-electron chi connectivity index (χ3n) is 5.77. The quantitative estimate of drug-likeness (QED) is 0.850. The Bertz CT molecular complexity index is 624. The van der Waals surface area contributed by atoms with Crippen molar-refractivity contribution >= 4 is 6.03 Å². The van der Waals surface area contributed by atoms with Crippen molar-refractivity contribution in [1.29, 1.82) is 0 Å². The lowest BCUT2D eigenvalue weighted by Gasteiger charge is -2.40. The summed E-state index contributed by atoms with van der Waals surface area (Å²) >= 11 is 0. The monoisotopic (exact) mass is 359 g/mol. The number of urea groups is 1. The normalized spacial score (nSPS) is 19.5. The maximum atomic E-state index is 12.4. The van der Waals surface area contributed by atoms with Gasteiger partial charge in [0.05, 0.1) is 19.3 Å². The molecule has 1 aromatic carbocycles. The van der Waals surface area contributed by atoms with Gasteiger partial charge in [0.15, 0.2) is 0 Å². The van der Waals surface area contributed by atoms with Crippen LogP contribution in [-0.2, 0) is 17.6 Å². The lowest BCUT2D eigenvalue weighted by molar-refractivity contribution is -0.00876. The summed E-state index contributed by atoms with van der Waals surface area (Å²) < 4.78 is 5.42. The minimum absolute atomic E-state index is 0.00808. The van der Waals surface area contributed by atoms with Crippen LogP contribution in [0.4, 0.5) is 4.79 Å². The van der Waals surface area contributed by atoms with E-state index in [-0.39, 0.29) is 17.6 Å². The average molecular weight is 360 g/mol. The van der Waals surface area contributed by atoms with Crippen LogP contribution in [-0.4, -0.2) is 49.3 Å². The van der Waals surface area contributed by atoms with Gasteiger partial charge in [-0.2, -0.15) is 0 Å². The first-order valence-corrected chi connectivity index (χ1v) is 9.94. The maximum Gasteiger partial charge on any atom is 0.315 e. The first kappa shape index (κ1) is 19.2. The molecule has 1 aliphatic heterocycles. The molecule has 1 unspecified atom stereocenters. The molecule has 1 aliphatic carbocycles. The third kappa shape index (κ3) is 4.77. The van der Waals surface area contributed by atoms with Crippen molar-refractivity contribution in [3.05, 3.63) is 34.9 Å². The zero-order valence-corrected chi connectivity index (χ0v) is 16.4. The molecule has 144 valence electrons. The number of aryl methyl sites for hydroxylation is 2. The predicted octanol–water partition coefficient (Wildman–Crippen LogP) is 3.04. The standard InChI is InChI=1S/C21H33N3O2/c1-16(18-9-8-17-6-4-5-7-19(17)14-18)23-20(25)22-15-21(2,3)24-10-12-26-13-11-24/h8-9,14,16H,4-7,10-13,15H2,1-3H3,(H2,22,23,25). The highest BCUT2D eigenvalue weighted by Crippen LogP contribution is 2.24. The fraction of sp³-hybridized carbons (Fsp3) is 0.667. The molecule has 1 saturated heterocycles. The van der Waals surface area contributed by atoms with E-state index in [4.69, 9.17) is 4.74 Å². The van der Waals surface area contributed by atoms with Crippen LogP contribution in [0.25, 0.3) is 0 Å². The summed E-state index contributed by atoms with van der Waals surface area (Å²) in [7, 11) is 0. The molecule has 1 atom stereocenters. The summed E-state index contributed by atoms with van der Waals surface area (Å²) in [5.41, 5.74) is 4.05. The van der Waals surface area contributed by atoms with E-state index in [2.05, 4.69) is 54.5 Å². The predicted molar refractivity (Wildman–Crippen MR) is 105 cm³/mol. The van der Waals surface area contributed by atoms with Crippen LogP contribution in [0.5, 0.6) is 0 Å². The zero-order valence-electron chi connectivity index (χ0n) is 16.4. The highest BCUT2D eigenvalue weighted by molar-refractivity contribution is 5.74. The fourth-order valence-electron chi connectivity index (χ4n) is 3.93. The Hall–Kier alpha value is -1.59. The van der Waals surface area contributed by atoms with Crippen molar-refractivity contribution in [3.63, 3.8) is 0 Å². The molecular weight excluding hydrogens is 326 g/mol. The number of carbonyl (C=O) groups excluding carboxylic acids is 1. The Balaban J connectivity index is 1.51. The summed E-state index contributed by atoms with van der Waals surface area (Å²) in [6.45, 7) is 10.4. The van der Waals surface area contributed by atoms with Crippen molar-refractivity contribution in [2.75, 3.05) is 32.8 Å². The number of hydrogen-bond acceptors (Lipinski definition) is 3. The van der Waals surface area contributed by atoms with E-state index < -0.39 is 0 Å². The Morgan fingerprint density at radius 3 is 2.62 bits per heavy atom. The van der Waals surface area contributed by atoms with Crippen molar-refractivity contribution in [2.24, 2.45) is 0 Å². The van der Waals surface area contributed by atoms with Crippen LogP contribution >= 0.6 is 0 Å². The van der Waals surface area contributed by atoms with Crippen LogP contribution in [0.15, 0.2) is 18.2 Å². The molecule has 5 heteroatoms. The summed E-state index contributed by atoms with van der Waals surface area (Å²) in [6.07, 6.45) is 4.92. The van der Waals surface area contributed by atoms with Gasteiger partial charge in [-0.3, -0.25) is 4.90 Å². The number of carbonyl (C=O) groups is 1. The van der Waals surface area contributed by atoms with Gasteiger partial charge in [-0.15, -0.1) is 0 Å². The fourth-order valence-corrected chi connectivity index (χ4v) is 3.93. The molecule has 2 N–H and O–H groups in total. The molecule has 1 aromatic rings. The molecule has 0 aromatic heterocycles. The summed E-state index contributed by atoms with van der Waals surface area (Å²) in [5.74, 6) is 0. The second kappa shape index (κ2) is 8.40. The number of rotatable bonds is 5. The van der Waals surface area contributed by atoms with Crippen molar-refractivity contribution in [3.8, 4) is 0 Å². The SMILES string of the molecule is CC(NC(=O)NCC(C)(C)N1CCOCC1)c1ccc2c(c1)CCCC2. The third-order valence-corrected chi connectivity index (χ3v) is 5.77. The van der Waals surface area contributed by atoms with Crippen LogP contribution < -0.4 is 10.6 Å². The molecule has 5 nitrogen and oxygen atoms in total. The van der Waals surface area contributed by atoms with Gasteiger partial charge in [-0.05, 0) is 63.1 Å². The van der Waals surface area contributed by atoms with Crippen molar-refractivity contribution < 1.29 is 9.53 Å². The van der Waals surface area contributed by atoms with Gasteiger partial charge in [0.2, 0.25) is 0 Å². The molecule has 3 rings (SSSR count). The van der Waals surface area contributed by atoms with Gasteiger partial charge < -0.3 is 15.4 Å². The largest absolute Gasteiger partial charge is 0.379 e. The van der Waals surface area contributed by atoms with Crippen LogP contribution in [0.3, 0.4) is 0 Å². The van der Waals surface area contributed by atoms with E-state index in [9.17, 15) is 4.79 Å². The van der Waals surface area contributed by atoms with Crippen LogP contribution in [0.2, 0.25) is 0 Å². The minimum atomic E-state index is -0.100. The summed E-state index contributed by atoms with van der Waals surface area (Å²) in [6, 6.07) is 6.58. The van der Waals surface area contributed by atoms with E-state index >= 15 is 0 Å². The van der Waals surface area contributed by atoms with Gasteiger partial charge in [0.25, 0.3) is 0 Å². The first-order valence-electron chi connectivity index (χ1n) is 9.94. The van der Waals surface area contributed by atoms with Crippen molar-refractivity contribution in [2.45, 2.75) is 58.0 Å². The number of morpholine rings is 1. The van der Waals surface area contributed by atoms with E-state index in [1.165, 1.54) is 36.0 Å².